The van der Waals surface area contributed by atoms with E-state index in [1.807, 2.05) is 0 Å². The molecule has 3 heteroatoms. The van der Waals surface area contributed by atoms with Gasteiger partial charge in [0.2, 0.25) is 5.91 Å². The van der Waals surface area contributed by atoms with E-state index in [-0.39, 0.29) is 17.5 Å². The Morgan fingerprint density at radius 3 is 2.12 bits per heavy atom. The molecule has 0 saturated carbocycles. The van der Waals surface area contributed by atoms with Crippen LogP contribution in [0.3, 0.4) is 0 Å². The standard InChI is InChI=1S/C23H28N2O/c1-18(2)25-21(20-11-7-4-8-12-20)23(22(25)26)13-15-24(16-14-23)17-19-9-5-3-6-10-19/h3-12,18,21H,13-17H2,1-2H3. The van der Waals surface area contributed by atoms with Crippen LogP contribution in [-0.2, 0) is 11.3 Å². The van der Waals surface area contributed by atoms with Crippen molar-refractivity contribution < 1.29 is 4.79 Å². The number of likely N-dealkylation sites (tertiary alicyclic amines) is 2. The molecular formula is C23H28N2O. The quantitative estimate of drug-likeness (QED) is 0.771. The minimum absolute atomic E-state index is 0.196. The van der Waals surface area contributed by atoms with Gasteiger partial charge in [0.25, 0.3) is 0 Å². The van der Waals surface area contributed by atoms with Gasteiger partial charge in [0.05, 0.1) is 11.5 Å². The second kappa shape index (κ2) is 6.88. The molecule has 0 bridgehead atoms. The first-order chi connectivity index (χ1) is 12.6. The summed E-state index contributed by atoms with van der Waals surface area (Å²) in [4.78, 5) is 17.7. The van der Waals surface area contributed by atoms with E-state index < -0.39 is 0 Å². The first-order valence-electron chi connectivity index (χ1n) is 9.76. The first-order valence-corrected chi connectivity index (χ1v) is 9.76. The van der Waals surface area contributed by atoms with E-state index in [1.165, 1.54) is 11.1 Å². The Labute approximate surface area is 156 Å². The van der Waals surface area contributed by atoms with E-state index in [9.17, 15) is 4.79 Å². The molecule has 2 heterocycles. The Morgan fingerprint density at radius 1 is 0.962 bits per heavy atom. The molecule has 0 radical (unpaired) electrons. The molecule has 1 atom stereocenters. The smallest absolute Gasteiger partial charge is 0.232 e. The number of piperidine rings is 1. The molecule has 26 heavy (non-hydrogen) atoms. The highest BCUT2D eigenvalue weighted by atomic mass is 16.2. The van der Waals surface area contributed by atoms with E-state index in [0.717, 1.165) is 32.5 Å². The molecule has 2 aromatic rings. The number of rotatable bonds is 4. The predicted molar refractivity (Wildman–Crippen MR) is 105 cm³/mol. The number of nitrogens with zero attached hydrogens (tertiary/aromatic N) is 2. The van der Waals surface area contributed by atoms with Crippen LogP contribution in [0, 0.1) is 5.41 Å². The third-order valence-corrected chi connectivity index (χ3v) is 6.13. The highest BCUT2D eigenvalue weighted by Crippen LogP contribution is 2.56. The van der Waals surface area contributed by atoms with Crippen LogP contribution < -0.4 is 0 Å². The summed E-state index contributed by atoms with van der Waals surface area (Å²) in [6.45, 7) is 7.23. The highest BCUT2D eigenvalue weighted by Gasteiger charge is 2.61. The van der Waals surface area contributed by atoms with E-state index in [2.05, 4.69) is 84.3 Å². The van der Waals surface area contributed by atoms with Gasteiger partial charge in [-0.15, -0.1) is 0 Å². The number of hydrogen-bond acceptors (Lipinski definition) is 2. The van der Waals surface area contributed by atoms with E-state index >= 15 is 0 Å². The Balaban J connectivity index is 1.52. The second-order valence-corrected chi connectivity index (χ2v) is 8.04. The summed E-state index contributed by atoms with van der Waals surface area (Å²) in [6.07, 6.45) is 1.92. The van der Waals surface area contributed by atoms with Crippen molar-refractivity contribution in [2.24, 2.45) is 5.41 Å². The van der Waals surface area contributed by atoms with Crippen molar-refractivity contribution in [3.63, 3.8) is 0 Å². The third-order valence-electron chi connectivity index (χ3n) is 6.13. The van der Waals surface area contributed by atoms with Gasteiger partial charge in [0.15, 0.2) is 0 Å². The average molecular weight is 348 g/mol. The molecule has 1 unspecified atom stereocenters. The maximum atomic E-state index is 13.1. The fraction of sp³-hybridized carbons (Fsp3) is 0.435. The minimum Gasteiger partial charge on any atom is -0.332 e. The fourth-order valence-corrected chi connectivity index (χ4v) is 4.78. The summed E-state index contributed by atoms with van der Waals surface area (Å²) < 4.78 is 0. The van der Waals surface area contributed by atoms with Crippen LogP contribution in [0.4, 0.5) is 0 Å². The maximum Gasteiger partial charge on any atom is 0.232 e. The molecule has 3 nitrogen and oxygen atoms in total. The Hall–Kier alpha value is -2.13. The second-order valence-electron chi connectivity index (χ2n) is 8.04. The van der Waals surface area contributed by atoms with Crippen LogP contribution in [0.15, 0.2) is 60.7 Å². The Bertz CT molecular complexity index is 748. The van der Waals surface area contributed by atoms with E-state index in [1.54, 1.807) is 0 Å². The van der Waals surface area contributed by atoms with Crippen LogP contribution >= 0.6 is 0 Å². The Kier molecular flexibility index (Phi) is 4.58. The van der Waals surface area contributed by atoms with Crippen molar-refractivity contribution in [2.45, 2.75) is 45.3 Å². The summed E-state index contributed by atoms with van der Waals surface area (Å²) in [5.41, 5.74) is 2.45. The first kappa shape index (κ1) is 17.3. The van der Waals surface area contributed by atoms with E-state index in [0.29, 0.717) is 5.91 Å². The van der Waals surface area contributed by atoms with Crippen LogP contribution in [-0.4, -0.2) is 34.8 Å². The molecule has 2 aliphatic rings. The molecule has 0 N–H and O–H groups in total. The van der Waals surface area contributed by atoms with Gasteiger partial charge >= 0.3 is 0 Å². The fourth-order valence-electron chi connectivity index (χ4n) is 4.78. The molecule has 136 valence electrons. The number of benzene rings is 2. The van der Waals surface area contributed by atoms with Crippen molar-refractivity contribution in [3.05, 3.63) is 71.8 Å². The van der Waals surface area contributed by atoms with Crippen molar-refractivity contribution in [2.75, 3.05) is 13.1 Å². The van der Waals surface area contributed by atoms with Gasteiger partial charge in [-0.25, -0.2) is 0 Å². The van der Waals surface area contributed by atoms with Crippen molar-refractivity contribution in [1.82, 2.24) is 9.80 Å². The minimum atomic E-state index is -0.196. The zero-order valence-electron chi connectivity index (χ0n) is 15.8. The van der Waals surface area contributed by atoms with Crippen LogP contribution in [0.5, 0.6) is 0 Å². The molecule has 0 aliphatic carbocycles. The summed E-state index contributed by atoms with van der Waals surface area (Å²) in [5.74, 6) is 0.362. The van der Waals surface area contributed by atoms with Gasteiger partial charge in [-0.05, 0) is 50.9 Å². The summed E-state index contributed by atoms with van der Waals surface area (Å²) in [6, 6.07) is 21.7. The van der Waals surface area contributed by atoms with Gasteiger partial charge in [-0.1, -0.05) is 60.7 Å². The molecule has 2 aromatic carbocycles. The molecule has 4 rings (SSSR count). The molecular weight excluding hydrogens is 320 g/mol. The number of β-lactam (4-membered cyclic amide) rings is 1. The summed E-state index contributed by atoms with van der Waals surface area (Å²) in [5, 5.41) is 0. The lowest BCUT2D eigenvalue weighted by molar-refractivity contribution is -0.185. The molecule has 2 aliphatic heterocycles. The number of carbonyl (C=O) groups excluding carboxylic acids is 1. The Morgan fingerprint density at radius 2 is 1.54 bits per heavy atom. The SMILES string of the molecule is CC(C)N1C(=O)C2(CCN(Cc3ccccc3)CC2)C1c1ccccc1. The largest absolute Gasteiger partial charge is 0.332 e. The molecule has 1 spiro atoms. The monoisotopic (exact) mass is 348 g/mol. The van der Waals surface area contributed by atoms with Crippen LogP contribution in [0.2, 0.25) is 0 Å². The van der Waals surface area contributed by atoms with E-state index in [4.69, 9.17) is 0 Å². The molecule has 1 amide bonds. The highest BCUT2D eigenvalue weighted by molar-refractivity contribution is 5.91. The third kappa shape index (κ3) is 2.84. The summed E-state index contributed by atoms with van der Waals surface area (Å²) >= 11 is 0. The predicted octanol–water partition coefficient (Wildman–Crippen LogP) is 4.26. The maximum absolute atomic E-state index is 13.1. The van der Waals surface area contributed by atoms with Gasteiger partial charge in [-0.3, -0.25) is 9.69 Å². The zero-order valence-corrected chi connectivity index (χ0v) is 15.8. The van der Waals surface area contributed by atoms with Crippen molar-refractivity contribution in [1.29, 1.82) is 0 Å². The summed E-state index contributed by atoms with van der Waals surface area (Å²) in [7, 11) is 0. The van der Waals surface area contributed by atoms with Gasteiger partial charge in [0.1, 0.15) is 0 Å². The molecule has 2 saturated heterocycles. The number of carbonyl (C=O) groups is 1. The number of amides is 1. The lowest BCUT2D eigenvalue weighted by Crippen LogP contribution is -2.67. The van der Waals surface area contributed by atoms with Gasteiger partial charge < -0.3 is 4.90 Å². The topological polar surface area (TPSA) is 23.6 Å². The molecule has 2 fully saturated rings. The normalized spacial score (nSPS) is 22.7. The van der Waals surface area contributed by atoms with Gasteiger partial charge in [-0.2, -0.15) is 0 Å². The van der Waals surface area contributed by atoms with Crippen molar-refractivity contribution >= 4 is 5.91 Å². The zero-order chi connectivity index (χ0) is 18.1. The lowest BCUT2D eigenvalue weighted by Gasteiger charge is -2.60. The number of hydrogen-bond donors (Lipinski definition) is 0. The van der Waals surface area contributed by atoms with Crippen LogP contribution in [0.1, 0.15) is 43.9 Å². The van der Waals surface area contributed by atoms with Crippen LogP contribution in [0.25, 0.3) is 0 Å². The average Bonchev–Trinajstić information content (AvgIpc) is 2.67. The van der Waals surface area contributed by atoms with Gasteiger partial charge in [0, 0.05) is 12.6 Å². The van der Waals surface area contributed by atoms with Crippen molar-refractivity contribution in [3.8, 4) is 0 Å². The lowest BCUT2D eigenvalue weighted by atomic mass is 9.61. The molecule has 0 aromatic heterocycles.